The van der Waals surface area contributed by atoms with Crippen molar-refractivity contribution >= 4 is 28.9 Å². The fourth-order valence-corrected chi connectivity index (χ4v) is 3.31. The summed E-state index contributed by atoms with van der Waals surface area (Å²) in [5, 5.41) is 5.06. The molecule has 0 bridgehead atoms. The van der Waals surface area contributed by atoms with Crippen molar-refractivity contribution in [3.8, 4) is 5.69 Å². The van der Waals surface area contributed by atoms with E-state index in [4.69, 9.17) is 27.9 Å². The molecule has 0 amide bonds. The smallest absolute Gasteiger partial charge is 0.292 e. The summed E-state index contributed by atoms with van der Waals surface area (Å²) in [4.78, 5) is 14.7. The van der Waals surface area contributed by atoms with Gasteiger partial charge in [-0.3, -0.25) is 4.79 Å². The lowest BCUT2D eigenvalue weighted by Gasteiger charge is -2.34. The number of hydrogen-bond donors (Lipinski definition) is 0. The highest BCUT2D eigenvalue weighted by molar-refractivity contribution is 6.33. The number of aromatic nitrogens is 2. The van der Waals surface area contributed by atoms with Gasteiger partial charge in [-0.25, -0.2) is 0 Å². The maximum atomic E-state index is 12.6. The van der Waals surface area contributed by atoms with Crippen molar-refractivity contribution in [2.75, 3.05) is 24.6 Å². The number of anilines is 1. The van der Waals surface area contributed by atoms with Crippen LogP contribution in [-0.2, 0) is 4.74 Å². The molecule has 1 aliphatic heterocycles. The molecule has 7 heteroatoms. The van der Waals surface area contributed by atoms with Crippen molar-refractivity contribution in [1.82, 2.24) is 9.78 Å². The van der Waals surface area contributed by atoms with Crippen molar-refractivity contribution in [3.63, 3.8) is 0 Å². The number of nitrogens with zero attached hydrogens (tertiary/aromatic N) is 3. The quantitative estimate of drug-likeness (QED) is 0.828. The molecule has 0 aliphatic carbocycles. The fraction of sp³-hybridized carbons (Fsp3) is 0.412. The molecule has 128 valence electrons. The maximum Gasteiger partial charge on any atom is 0.292 e. The molecule has 2 heterocycles. The zero-order valence-corrected chi connectivity index (χ0v) is 14.9. The number of hydrogen-bond acceptors (Lipinski definition) is 4. The normalized spacial score (nSPS) is 18.0. The lowest BCUT2D eigenvalue weighted by molar-refractivity contribution is 0.0526. The van der Waals surface area contributed by atoms with E-state index in [1.54, 1.807) is 30.5 Å². The molecule has 5 nitrogen and oxygen atoms in total. The van der Waals surface area contributed by atoms with Gasteiger partial charge in [0, 0.05) is 24.7 Å². The van der Waals surface area contributed by atoms with Gasteiger partial charge in [0.1, 0.15) is 5.02 Å². The topological polar surface area (TPSA) is 47.4 Å². The summed E-state index contributed by atoms with van der Waals surface area (Å²) < 4.78 is 6.99. The number of piperidine rings is 1. The van der Waals surface area contributed by atoms with Gasteiger partial charge in [0.2, 0.25) is 0 Å². The average molecular weight is 368 g/mol. The minimum atomic E-state index is -0.338. The third kappa shape index (κ3) is 3.58. The van der Waals surface area contributed by atoms with Crippen molar-refractivity contribution in [2.45, 2.75) is 25.9 Å². The van der Waals surface area contributed by atoms with E-state index in [0.29, 0.717) is 23.0 Å². The first-order chi connectivity index (χ1) is 11.6. The van der Waals surface area contributed by atoms with Crippen LogP contribution in [0.1, 0.15) is 19.8 Å². The molecule has 2 aromatic rings. The zero-order chi connectivity index (χ0) is 17.1. The summed E-state index contributed by atoms with van der Waals surface area (Å²) in [7, 11) is 0. The Morgan fingerprint density at radius 1 is 1.29 bits per heavy atom. The molecule has 1 unspecified atom stereocenters. The third-order valence-electron chi connectivity index (χ3n) is 4.09. The molecule has 1 atom stereocenters. The Morgan fingerprint density at radius 3 is 2.75 bits per heavy atom. The largest absolute Gasteiger partial charge is 0.377 e. The van der Waals surface area contributed by atoms with E-state index in [0.717, 1.165) is 25.9 Å². The van der Waals surface area contributed by atoms with Gasteiger partial charge in [-0.2, -0.15) is 9.78 Å². The summed E-state index contributed by atoms with van der Waals surface area (Å²) in [5.41, 5.74) is 0.954. The van der Waals surface area contributed by atoms with Crippen LogP contribution >= 0.6 is 23.2 Å². The van der Waals surface area contributed by atoms with Gasteiger partial charge in [-0.1, -0.05) is 23.2 Å². The Hall–Kier alpha value is -1.56. The van der Waals surface area contributed by atoms with Crippen molar-refractivity contribution in [3.05, 3.63) is 50.9 Å². The Labute approximate surface area is 150 Å². The molecule has 1 aliphatic rings. The van der Waals surface area contributed by atoms with Crippen molar-refractivity contribution < 1.29 is 4.74 Å². The second-order valence-corrected chi connectivity index (χ2v) is 6.52. The molecule has 0 N–H and O–H groups in total. The van der Waals surface area contributed by atoms with E-state index in [1.807, 2.05) is 6.92 Å². The Morgan fingerprint density at radius 2 is 2.04 bits per heavy atom. The first kappa shape index (κ1) is 17.3. The van der Waals surface area contributed by atoms with Gasteiger partial charge in [0.15, 0.2) is 0 Å². The number of rotatable bonds is 4. The van der Waals surface area contributed by atoms with Crippen molar-refractivity contribution in [2.24, 2.45) is 0 Å². The third-order valence-corrected chi connectivity index (χ3v) is 4.70. The first-order valence-electron chi connectivity index (χ1n) is 8.00. The number of benzene rings is 1. The second-order valence-electron chi connectivity index (χ2n) is 5.70. The lowest BCUT2D eigenvalue weighted by Crippen LogP contribution is -2.41. The van der Waals surface area contributed by atoms with Crippen LogP contribution in [0.2, 0.25) is 10.0 Å². The van der Waals surface area contributed by atoms with Crippen LogP contribution in [0.15, 0.2) is 35.3 Å². The molecule has 0 spiro atoms. The molecule has 0 saturated carbocycles. The van der Waals surface area contributed by atoms with Crippen LogP contribution in [0.4, 0.5) is 5.69 Å². The predicted octanol–water partition coefficient (Wildman–Crippen LogP) is 3.54. The van der Waals surface area contributed by atoms with Gasteiger partial charge >= 0.3 is 0 Å². The summed E-state index contributed by atoms with van der Waals surface area (Å²) in [6, 6.07) is 6.89. The van der Waals surface area contributed by atoms with Gasteiger partial charge in [0.25, 0.3) is 5.56 Å². The highest BCUT2D eigenvalue weighted by Crippen LogP contribution is 2.26. The molecule has 24 heavy (non-hydrogen) atoms. The van der Waals surface area contributed by atoms with E-state index < -0.39 is 0 Å². The predicted molar refractivity (Wildman–Crippen MR) is 96.7 cm³/mol. The maximum absolute atomic E-state index is 12.6. The monoisotopic (exact) mass is 367 g/mol. The molecular weight excluding hydrogens is 349 g/mol. The zero-order valence-electron chi connectivity index (χ0n) is 13.4. The fourth-order valence-electron chi connectivity index (χ4n) is 2.94. The van der Waals surface area contributed by atoms with Gasteiger partial charge in [0.05, 0.1) is 23.7 Å². The minimum absolute atomic E-state index is 0.165. The standard InChI is InChI=1S/C17H19Cl2N3O2/c1-2-24-14-4-3-9-21(11-14)15-10-20-22(17(23)16(15)19)13-7-5-12(18)6-8-13/h5-8,10,14H,2-4,9,11H2,1H3. The van der Waals surface area contributed by atoms with Crippen molar-refractivity contribution in [1.29, 1.82) is 0 Å². The van der Waals surface area contributed by atoms with E-state index in [1.165, 1.54) is 4.68 Å². The van der Waals surface area contributed by atoms with E-state index in [-0.39, 0.29) is 16.7 Å². The van der Waals surface area contributed by atoms with Gasteiger partial charge < -0.3 is 9.64 Å². The lowest BCUT2D eigenvalue weighted by atomic mass is 10.1. The van der Waals surface area contributed by atoms with E-state index in [9.17, 15) is 4.79 Å². The molecule has 1 saturated heterocycles. The first-order valence-corrected chi connectivity index (χ1v) is 8.76. The SMILES string of the molecule is CCOC1CCCN(c2cnn(-c3ccc(Cl)cc3)c(=O)c2Cl)C1. The van der Waals surface area contributed by atoms with Crippen LogP contribution in [0.25, 0.3) is 5.69 Å². The summed E-state index contributed by atoms with van der Waals surface area (Å²) in [6.07, 6.45) is 3.84. The Balaban J connectivity index is 1.90. The molecular formula is C17H19Cl2N3O2. The summed E-state index contributed by atoms with van der Waals surface area (Å²) in [6.45, 7) is 4.23. The number of ether oxygens (including phenoxy) is 1. The van der Waals surface area contributed by atoms with Gasteiger partial charge in [-0.05, 0) is 44.0 Å². The van der Waals surface area contributed by atoms with E-state index in [2.05, 4.69) is 10.00 Å². The summed E-state index contributed by atoms with van der Waals surface area (Å²) >= 11 is 12.2. The second kappa shape index (κ2) is 7.55. The van der Waals surface area contributed by atoms with Crippen LogP contribution in [0, 0.1) is 0 Å². The highest BCUT2D eigenvalue weighted by atomic mass is 35.5. The molecule has 1 aromatic carbocycles. The van der Waals surface area contributed by atoms with Crippen LogP contribution in [-0.4, -0.2) is 35.6 Å². The molecule has 1 fully saturated rings. The molecule has 3 rings (SSSR count). The Kier molecular flexibility index (Phi) is 5.43. The van der Waals surface area contributed by atoms with E-state index >= 15 is 0 Å². The average Bonchev–Trinajstić information content (AvgIpc) is 2.59. The number of halogens is 2. The minimum Gasteiger partial charge on any atom is -0.377 e. The molecule has 1 aromatic heterocycles. The van der Waals surface area contributed by atoms with Crippen LogP contribution in [0.3, 0.4) is 0 Å². The van der Waals surface area contributed by atoms with Crippen LogP contribution < -0.4 is 10.5 Å². The van der Waals surface area contributed by atoms with Gasteiger partial charge in [-0.15, -0.1) is 0 Å². The summed E-state index contributed by atoms with van der Waals surface area (Å²) in [5.74, 6) is 0. The highest BCUT2D eigenvalue weighted by Gasteiger charge is 2.23. The van der Waals surface area contributed by atoms with Crippen LogP contribution in [0.5, 0.6) is 0 Å². The Bertz CT molecular complexity index is 759. The molecule has 0 radical (unpaired) electrons.